The van der Waals surface area contributed by atoms with E-state index in [2.05, 4.69) is 11.1 Å². The lowest BCUT2D eigenvalue weighted by atomic mass is 10.1. The molecule has 21 heavy (non-hydrogen) atoms. The number of halogens is 1. The molecule has 0 N–H and O–H groups in total. The highest BCUT2D eigenvalue weighted by molar-refractivity contribution is 8.13. The van der Waals surface area contributed by atoms with Crippen LogP contribution < -0.4 is 0 Å². The van der Waals surface area contributed by atoms with Crippen molar-refractivity contribution < 1.29 is 8.42 Å². The van der Waals surface area contributed by atoms with Crippen LogP contribution in [0.5, 0.6) is 0 Å². The first kappa shape index (κ1) is 15.5. The van der Waals surface area contributed by atoms with E-state index in [1.165, 1.54) is 6.20 Å². The molecule has 0 aliphatic heterocycles. The quantitative estimate of drug-likeness (QED) is 0.793. The average Bonchev–Trinajstić information content (AvgIpc) is 2.83. The van der Waals surface area contributed by atoms with E-state index in [0.29, 0.717) is 24.4 Å². The van der Waals surface area contributed by atoms with Gasteiger partial charge in [-0.3, -0.25) is 0 Å². The standard InChI is InChI=1S/C14H14ClN3O2S/c1-2-4-13-17-14(21(15,19)20)10-18(13)9-12-6-3-5-11(7-12)8-16/h3,5-7,10H,2,4,9H2,1H3. The molecule has 1 aromatic heterocycles. The Hall–Kier alpha value is -1.84. The fourth-order valence-corrected chi connectivity index (χ4v) is 2.73. The molecule has 110 valence electrons. The minimum atomic E-state index is -3.84. The molecule has 0 aliphatic rings. The maximum absolute atomic E-state index is 11.4. The van der Waals surface area contributed by atoms with Gasteiger partial charge in [-0.1, -0.05) is 19.1 Å². The molecule has 0 radical (unpaired) electrons. The second kappa shape index (κ2) is 6.29. The molecule has 2 aromatic rings. The van der Waals surface area contributed by atoms with Gasteiger partial charge in [-0.15, -0.1) is 0 Å². The third kappa shape index (κ3) is 3.84. The summed E-state index contributed by atoms with van der Waals surface area (Å²) >= 11 is 0. The number of hydrogen-bond donors (Lipinski definition) is 0. The Morgan fingerprint density at radius 2 is 2.19 bits per heavy atom. The van der Waals surface area contributed by atoms with Gasteiger partial charge >= 0.3 is 0 Å². The van der Waals surface area contributed by atoms with Crippen LogP contribution in [0.2, 0.25) is 0 Å². The fraction of sp³-hybridized carbons (Fsp3) is 0.286. The Balaban J connectivity index is 2.38. The molecule has 0 bridgehead atoms. The second-order valence-corrected chi connectivity index (χ2v) is 7.14. The summed E-state index contributed by atoms with van der Waals surface area (Å²) in [7, 11) is 1.51. The molecular formula is C14H14ClN3O2S. The minimum Gasteiger partial charge on any atom is -0.329 e. The van der Waals surface area contributed by atoms with E-state index >= 15 is 0 Å². The van der Waals surface area contributed by atoms with E-state index in [4.69, 9.17) is 15.9 Å². The van der Waals surface area contributed by atoms with Gasteiger partial charge < -0.3 is 4.57 Å². The zero-order valence-corrected chi connectivity index (χ0v) is 13.0. The third-order valence-electron chi connectivity index (χ3n) is 2.97. The maximum Gasteiger partial charge on any atom is 0.280 e. The Morgan fingerprint density at radius 1 is 1.43 bits per heavy atom. The van der Waals surface area contributed by atoms with E-state index in [1.54, 1.807) is 22.8 Å². The summed E-state index contributed by atoms with van der Waals surface area (Å²) < 4.78 is 24.6. The van der Waals surface area contributed by atoms with Gasteiger partial charge in [0.2, 0.25) is 0 Å². The molecule has 0 unspecified atom stereocenters. The molecule has 0 saturated carbocycles. The molecule has 0 amide bonds. The number of aryl methyl sites for hydroxylation is 1. The molecule has 2 rings (SSSR count). The van der Waals surface area contributed by atoms with Crippen LogP contribution in [-0.4, -0.2) is 18.0 Å². The van der Waals surface area contributed by atoms with Crippen LogP contribution in [0.25, 0.3) is 0 Å². The van der Waals surface area contributed by atoms with Crippen LogP contribution in [-0.2, 0) is 22.0 Å². The van der Waals surface area contributed by atoms with E-state index in [-0.39, 0.29) is 5.03 Å². The first-order chi connectivity index (χ1) is 9.94. The van der Waals surface area contributed by atoms with E-state index < -0.39 is 9.05 Å². The molecule has 5 nitrogen and oxygen atoms in total. The van der Waals surface area contributed by atoms with E-state index in [1.807, 2.05) is 13.0 Å². The zero-order chi connectivity index (χ0) is 15.5. The summed E-state index contributed by atoms with van der Waals surface area (Å²) in [5, 5.41) is 8.78. The molecule has 0 aliphatic carbocycles. The SMILES string of the molecule is CCCc1nc(S(=O)(=O)Cl)cn1Cc1cccc(C#N)c1. The predicted molar refractivity (Wildman–Crippen MR) is 79.5 cm³/mol. The lowest BCUT2D eigenvalue weighted by Crippen LogP contribution is -2.04. The van der Waals surface area contributed by atoms with Crippen molar-refractivity contribution in [2.45, 2.75) is 31.3 Å². The van der Waals surface area contributed by atoms with Crippen LogP contribution in [0.1, 0.15) is 30.3 Å². The van der Waals surface area contributed by atoms with Crippen LogP contribution >= 0.6 is 10.7 Å². The van der Waals surface area contributed by atoms with Gasteiger partial charge in [0.15, 0.2) is 5.03 Å². The highest BCUT2D eigenvalue weighted by atomic mass is 35.7. The average molecular weight is 324 g/mol. The van der Waals surface area contributed by atoms with Crippen molar-refractivity contribution >= 4 is 19.7 Å². The normalized spacial score (nSPS) is 11.3. The predicted octanol–water partition coefficient (Wildman–Crippen LogP) is 2.68. The van der Waals surface area contributed by atoms with E-state index in [9.17, 15) is 8.42 Å². The van der Waals surface area contributed by atoms with Gasteiger partial charge in [0.1, 0.15) is 5.82 Å². The maximum atomic E-state index is 11.4. The summed E-state index contributed by atoms with van der Waals surface area (Å²) in [4.78, 5) is 4.09. The number of aromatic nitrogens is 2. The van der Waals surface area contributed by atoms with Gasteiger partial charge in [0.25, 0.3) is 9.05 Å². The van der Waals surface area contributed by atoms with Gasteiger partial charge in [-0.2, -0.15) is 5.26 Å². The van der Waals surface area contributed by atoms with Crippen molar-refractivity contribution in [1.29, 1.82) is 5.26 Å². The molecule has 1 aromatic carbocycles. The number of nitriles is 1. The zero-order valence-electron chi connectivity index (χ0n) is 11.5. The molecule has 0 saturated heterocycles. The summed E-state index contributed by atoms with van der Waals surface area (Å²) in [6.07, 6.45) is 2.94. The van der Waals surface area contributed by atoms with Crippen molar-refractivity contribution in [3.05, 3.63) is 47.4 Å². The molecule has 0 atom stereocenters. The van der Waals surface area contributed by atoms with Crippen molar-refractivity contribution in [2.24, 2.45) is 0 Å². The Labute approximate surface area is 128 Å². The largest absolute Gasteiger partial charge is 0.329 e. The number of imidazole rings is 1. The lowest BCUT2D eigenvalue weighted by Gasteiger charge is -2.07. The topological polar surface area (TPSA) is 75.8 Å². The second-order valence-electron chi connectivity index (χ2n) is 4.62. The molecule has 0 spiro atoms. The summed E-state index contributed by atoms with van der Waals surface area (Å²) in [6, 6.07) is 9.25. The summed E-state index contributed by atoms with van der Waals surface area (Å²) in [6.45, 7) is 2.44. The van der Waals surface area contributed by atoms with Crippen molar-refractivity contribution in [1.82, 2.24) is 9.55 Å². The third-order valence-corrected chi connectivity index (χ3v) is 4.14. The van der Waals surface area contributed by atoms with Crippen molar-refractivity contribution in [2.75, 3.05) is 0 Å². The molecule has 7 heteroatoms. The highest BCUT2D eigenvalue weighted by Crippen LogP contribution is 2.17. The monoisotopic (exact) mass is 323 g/mol. The number of nitrogens with zero attached hydrogens (tertiary/aromatic N) is 3. The first-order valence-electron chi connectivity index (χ1n) is 6.43. The van der Waals surface area contributed by atoms with Gasteiger partial charge in [-0.05, 0) is 24.1 Å². The molecular weight excluding hydrogens is 310 g/mol. The summed E-state index contributed by atoms with van der Waals surface area (Å²) in [5.41, 5.74) is 1.47. The Kier molecular flexibility index (Phi) is 4.66. The lowest BCUT2D eigenvalue weighted by molar-refractivity contribution is 0.606. The smallest absolute Gasteiger partial charge is 0.280 e. The highest BCUT2D eigenvalue weighted by Gasteiger charge is 2.17. The van der Waals surface area contributed by atoms with Crippen LogP contribution in [0.4, 0.5) is 0 Å². The number of rotatable bonds is 5. The number of benzene rings is 1. The van der Waals surface area contributed by atoms with E-state index in [0.717, 1.165) is 12.0 Å². The van der Waals surface area contributed by atoms with Crippen LogP contribution in [0.15, 0.2) is 35.5 Å². The molecule has 0 fully saturated rings. The van der Waals surface area contributed by atoms with Crippen molar-refractivity contribution in [3.63, 3.8) is 0 Å². The fourth-order valence-electron chi connectivity index (χ4n) is 2.04. The Bertz CT molecular complexity index is 791. The van der Waals surface area contributed by atoms with Crippen molar-refractivity contribution in [3.8, 4) is 6.07 Å². The first-order valence-corrected chi connectivity index (χ1v) is 8.74. The van der Waals surface area contributed by atoms with Gasteiger partial charge in [0.05, 0.1) is 11.6 Å². The van der Waals surface area contributed by atoms with Crippen LogP contribution in [0.3, 0.4) is 0 Å². The molecule has 1 heterocycles. The van der Waals surface area contributed by atoms with Gasteiger partial charge in [0, 0.05) is 29.8 Å². The summed E-state index contributed by atoms with van der Waals surface area (Å²) in [5.74, 6) is 0.666. The minimum absolute atomic E-state index is 0.135. The Morgan fingerprint density at radius 3 is 2.81 bits per heavy atom. The van der Waals surface area contributed by atoms with Gasteiger partial charge in [-0.25, -0.2) is 13.4 Å². The van der Waals surface area contributed by atoms with Crippen LogP contribution in [0, 0.1) is 11.3 Å². The number of hydrogen-bond acceptors (Lipinski definition) is 4.